The van der Waals surface area contributed by atoms with E-state index in [1.807, 2.05) is 11.8 Å². The Labute approximate surface area is 119 Å². The molecule has 1 nitrogen and oxygen atoms in total. The van der Waals surface area contributed by atoms with E-state index in [1.165, 1.54) is 6.42 Å². The van der Waals surface area contributed by atoms with Crippen LogP contribution in [-0.4, -0.2) is 16.3 Å². The second-order valence-corrected chi connectivity index (χ2v) is 7.19. The molecule has 1 aromatic rings. The van der Waals surface area contributed by atoms with Gasteiger partial charge >= 0.3 is 0 Å². The molecule has 3 rings (SSSR count). The first-order valence-corrected chi connectivity index (χ1v) is 7.83. The average molecular weight is 300 g/mol. The highest BCUT2D eigenvalue weighted by Gasteiger charge is 2.37. The largest absolute Gasteiger partial charge is 0.294 e. The van der Waals surface area contributed by atoms with Gasteiger partial charge in [0.05, 0.1) is 5.56 Å². The number of thioether (sulfide) groups is 1. The van der Waals surface area contributed by atoms with Gasteiger partial charge in [0, 0.05) is 28.6 Å². The van der Waals surface area contributed by atoms with Crippen LogP contribution in [0.2, 0.25) is 0 Å². The molecule has 0 radical (unpaired) electrons. The lowest BCUT2D eigenvalue weighted by atomic mass is 9.84. The zero-order valence-corrected chi connectivity index (χ0v) is 11.7. The van der Waals surface area contributed by atoms with Crippen molar-refractivity contribution < 1.29 is 18.0 Å². The van der Waals surface area contributed by atoms with Crippen molar-refractivity contribution in [1.82, 2.24) is 0 Å². The first-order valence-electron chi connectivity index (χ1n) is 6.89. The van der Waals surface area contributed by atoms with Gasteiger partial charge < -0.3 is 0 Å². The van der Waals surface area contributed by atoms with E-state index in [1.54, 1.807) is 0 Å². The van der Waals surface area contributed by atoms with E-state index in [-0.39, 0.29) is 5.92 Å². The van der Waals surface area contributed by atoms with E-state index < -0.39 is 28.8 Å². The van der Waals surface area contributed by atoms with Crippen molar-refractivity contribution in [3.8, 4) is 0 Å². The predicted octanol–water partition coefficient (Wildman–Crippen LogP) is 4.35. The number of hydrogen-bond donors (Lipinski definition) is 0. The molecular formula is C15H15F3OS. The number of hydrogen-bond acceptors (Lipinski definition) is 2. The van der Waals surface area contributed by atoms with Crippen molar-refractivity contribution in [2.45, 2.75) is 42.6 Å². The predicted molar refractivity (Wildman–Crippen MR) is 72.4 cm³/mol. The third-order valence-electron chi connectivity index (χ3n) is 4.16. The lowest BCUT2D eigenvalue weighted by Crippen LogP contribution is -2.33. The molecule has 5 heteroatoms. The fourth-order valence-corrected chi connectivity index (χ4v) is 5.09. The molecule has 0 saturated carbocycles. The third kappa shape index (κ3) is 2.60. The summed E-state index contributed by atoms with van der Waals surface area (Å²) in [6.07, 6.45) is 4.66. The van der Waals surface area contributed by atoms with Crippen molar-refractivity contribution in [2.75, 3.05) is 0 Å². The number of rotatable bonds is 2. The maximum Gasteiger partial charge on any atom is 0.171 e. The Balaban J connectivity index is 1.86. The quantitative estimate of drug-likeness (QED) is 0.755. The number of carbonyl (C=O) groups excluding carboxylic acids is 1. The molecule has 2 atom stereocenters. The van der Waals surface area contributed by atoms with Crippen LogP contribution in [0.4, 0.5) is 13.2 Å². The van der Waals surface area contributed by atoms with Gasteiger partial charge in [0.15, 0.2) is 5.78 Å². The lowest BCUT2D eigenvalue weighted by molar-refractivity contribution is 0.0887. The molecule has 108 valence electrons. The van der Waals surface area contributed by atoms with Crippen LogP contribution in [-0.2, 0) is 0 Å². The third-order valence-corrected chi connectivity index (χ3v) is 5.78. The molecule has 0 aromatic heterocycles. The molecule has 2 unspecified atom stereocenters. The van der Waals surface area contributed by atoms with Crippen molar-refractivity contribution >= 4 is 17.5 Å². The summed E-state index contributed by atoms with van der Waals surface area (Å²) in [6, 6.07) is 1.16. The summed E-state index contributed by atoms with van der Waals surface area (Å²) in [5, 5.41) is 0.839. The summed E-state index contributed by atoms with van der Waals surface area (Å²) in [5.74, 6) is -4.00. The van der Waals surface area contributed by atoms with Crippen LogP contribution in [0.1, 0.15) is 42.5 Å². The molecule has 2 aliphatic heterocycles. The fraction of sp³-hybridized carbons (Fsp3) is 0.533. The topological polar surface area (TPSA) is 17.1 Å². The van der Waals surface area contributed by atoms with Crippen molar-refractivity contribution in [1.29, 1.82) is 0 Å². The highest BCUT2D eigenvalue weighted by Crippen LogP contribution is 2.44. The summed E-state index contributed by atoms with van der Waals surface area (Å²) >= 11 is 1.90. The molecule has 0 amide bonds. The number of fused-ring (bicyclic) bond motifs is 2. The molecule has 2 fully saturated rings. The highest BCUT2D eigenvalue weighted by atomic mass is 32.2. The molecule has 2 heterocycles. The molecule has 20 heavy (non-hydrogen) atoms. The van der Waals surface area contributed by atoms with Gasteiger partial charge in [0.25, 0.3) is 0 Å². The van der Waals surface area contributed by atoms with Gasteiger partial charge in [-0.1, -0.05) is 6.42 Å². The van der Waals surface area contributed by atoms with Crippen molar-refractivity contribution in [2.24, 2.45) is 5.92 Å². The van der Waals surface area contributed by atoms with Gasteiger partial charge in [-0.05, 0) is 25.7 Å². The normalized spacial score (nSPS) is 29.2. The van der Waals surface area contributed by atoms with Crippen LogP contribution < -0.4 is 0 Å². The minimum Gasteiger partial charge on any atom is -0.294 e. The van der Waals surface area contributed by atoms with Crippen LogP contribution in [0.15, 0.2) is 12.1 Å². The minimum atomic E-state index is -1.09. The highest BCUT2D eigenvalue weighted by molar-refractivity contribution is 8.00. The molecule has 0 aliphatic carbocycles. The molecule has 1 aromatic carbocycles. The molecule has 2 aliphatic rings. The Morgan fingerprint density at radius 3 is 2.15 bits per heavy atom. The van der Waals surface area contributed by atoms with Gasteiger partial charge in [0.2, 0.25) is 0 Å². The number of benzene rings is 1. The van der Waals surface area contributed by atoms with Gasteiger partial charge in [0.1, 0.15) is 17.5 Å². The second-order valence-electron chi connectivity index (χ2n) is 5.59. The lowest BCUT2D eigenvalue weighted by Gasteiger charge is -2.38. The van der Waals surface area contributed by atoms with Crippen LogP contribution in [0.25, 0.3) is 0 Å². The Hall–Kier alpha value is -0.970. The molecule has 2 bridgehead atoms. The summed E-state index contributed by atoms with van der Waals surface area (Å²) in [6.45, 7) is 0. The minimum absolute atomic E-state index is 0.332. The smallest absolute Gasteiger partial charge is 0.171 e. The van der Waals surface area contributed by atoms with Crippen LogP contribution in [0, 0.1) is 23.4 Å². The zero-order chi connectivity index (χ0) is 14.3. The summed E-state index contributed by atoms with van der Waals surface area (Å²) in [4.78, 5) is 12.4. The molecular weight excluding hydrogens is 285 g/mol. The fourth-order valence-electron chi connectivity index (χ4n) is 3.25. The van der Waals surface area contributed by atoms with E-state index in [0.717, 1.165) is 12.8 Å². The maximum absolute atomic E-state index is 13.7. The number of Topliss-reactive ketones (excluding diaryl/α,β-unsaturated/α-hetero) is 1. The van der Waals surface area contributed by atoms with Gasteiger partial charge in [-0.15, -0.1) is 0 Å². The first-order chi connectivity index (χ1) is 9.54. The van der Waals surface area contributed by atoms with Gasteiger partial charge in [-0.3, -0.25) is 4.79 Å². The van der Waals surface area contributed by atoms with Crippen LogP contribution in [0.3, 0.4) is 0 Å². The van der Waals surface area contributed by atoms with Crippen LogP contribution in [0.5, 0.6) is 0 Å². The summed E-state index contributed by atoms with van der Waals surface area (Å²) in [7, 11) is 0. The number of carbonyl (C=O) groups is 1. The van der Waals surface area contributed by atoms with E-state index in [4.69, 9.17) is 0 Å². The SMILES string of the molecule is O=C(c1c(F)cc(F)cc1F)C1CC2CCCC(C1)S2. The molecule has 0 spiro atoms. The Bertz CT molecular complexity index is 511. The van der Waals surface area contributed by atoms with Crippen molar-refractivity contribution in [3.63, 3.8) is 0 Å². The average Bonchev–Trinajstić information content (AvgIpc) is 2.36. The standard InChI is InChI=1S/C15H15F3OS/c16-9-6-12(17)14(13(18)7-9)15(19)8-4-10-2-1-3-11(5-8)20-10/h6-8,10-11H,1-5H2. The van der Waals surface area contributed by atoms with E-state index in [0.29, 0.717) is 35.5 Å². The Morgan fingerprint density at radius 2 is 1.60 bits per heavy atom. The number of ketones is 1. The zero-order valence-electron chi connectivity index (χ0n) is 10.9. The molecule has 0 N–H and O–H groups in total. The van der Waals surface area contributed by atoms with Crippen molar-refractivity contribution in [3.05, 3.63) is 35.1 Å². The van der Waals surface area contributed by atoms with Gasteiger partial charge in [-0.25, -0.2) is 13.2 Å². The molecule has 2 saturated heterocycles. The first kappa shape index (κ1) is 14.0. The Morgan fingerprint density at radius 1 is 1.05 bits per heavy atom. The van der Waals surface area contributed by atoms with Gasteiger partial charge in [-0.2, -0.15) is 11.8 Å². The second kappa shape index (κ2) is 5.43. The van der Waals surface area contributed by atoms with Crippen LogP contribution >= 0.6 is 11.8 Å². The summed E-state index contributed by atoms with van der Waals surface area (Å²) < 4.78 is 40.3. The number of halogens is 3. The maximum atomic E-state index is 13.7. The summed E-state index contributed by atoms with van der Waals surface area (Å²) in [5.41, 5.74) is -0.568. The monoisotopic (exact) mass is 300 g/mol. The Kier molecular flexibility index (Phi) is 3.80. The van der Waals surface area contributed by atoms with E-state index in [2.05, 4.69) is 0 Å². The van der Waals surface area contributed by atoms with E-state index >= 15 is 0 Å². The van der Waals surface area contributed by atoms with E-state index in [9.17, 15) is 18.0 Å².